The zero-order valence-corrected chi connectivity index (χ0v) is 8.17. The van der Waals surface area contributed by atoms with Gasteiger partial charge in [-0.2, -0.15) is 5.10 Å². The summed E-state index contributed by atoms with van der Waals surface area (Å²) < 4.78 is 6.75. The quantitative estimate of drug-likeness (QED) is 0.826. The maximum Gasteiger partial charge on any atom is 0.339 e. The second-order valence-corrected chi connectivity index (χ2v) is 3.19. The normalized spacial score (nSPS) is 10.5. The number of hydrogen-bond donors (Lipinski definition) is 1. The molecule has 0 aliphatic rings. The third kappa shape index (κ3) is 1.76. The van der Waals surface area contributed by atoms with Crippen molar-refractivity contribution >= 4 is 5.97 Å². The highest BCUT2D eigenvalue weighted by Crippen LogP contribution is 2.10. The zero-order valence-electron chi connectivity index (χ0n) is 8.17. The number of carbonyl (C=O) groups is 1. The van der Waals surface area contributed by atoms with Crippen LogP contribution in [0.15, 0.2) is 29.0 Å². The van der Waals surface area contributed by atoms with Crippen LogP contribution in [0.4, 0.5) is 0 Å². The lowest BCUT2D eigenvalue weighted by molar-refractivity contribution is 0.0696. The van der Waals surface area contributed by atoms with Gasteiger partial charge >= 0.3 is 5.97 Å². The van der Waals surface area contributed by atoms with Crippen LogP contribution in [0.2, 0.25) is 0 Å². The van der Waals surface area contributed by atoms with Crippen LogP contribution in [0, 0.1) is 6.92 Å². The third-order valence-electron chi connectivity index (χ3n) is 2.22. The monoisotopic (exact) mass is 206 g/mol. The number of aromatic carboxylic acids is 1. The largest absolute Gasteiger partial charge is 0.478 e. The van der Waals surface area contributed by atoms with Crippen molar-refractivity contribution < 1.29 is 14.3 Å². The number of rotatable bonds is 3. The molecule has 78 valence electrons. The Labute approximate surface area is 85.9 Å². The van der Waals surface area contributed by atoms with Gasteiger partial charge in [-0.25, -0.2) is 4.79 Å². The Balaban J connectivity index is 2.27. The van der Waals surface area contributed by atoms with Crippen molar-refractivity contribution in [1.82, 2.24) is 9.78 Å². The van der Waals surface area contributed by atoms with Crippen molar-refractivity contribution in [2.24, 2.45) is 0 Å². The Morgan fingerprint density at radius 3 is 3.00 bits per heavy atom. The Bertz CT molecular complexity index is 471. The second-order valence-electron chi connectivity index (χ2n) is 3.19. The number of carboxylic acids is 1. The molecule has 2 heterocycles. The van der Waals surface area contributed by atoms with Gasteiger partial charge in [-0.05, 0) is 19.1 Å². The van der Waals surface area contributed by atoms with Crippen LogP contribution in [0.25, 0.3) is 0 Å². The van der Waals surface area contributed by atoms with Crippen LogP contribution in [0.3, 0.4) is 0 Å². The molecule has 0 aromatic carbocycles. The second kappa shape index (κ2) is 3.61. The summed E-state index contributed by atoms with van der Waals surface area (Å²) in [5.74, 6) is -0.212. The molecule has 0 atom stereocenters. The minimum atomic E-state index is -0.960. The first kappa shape index (κ1) is 9.51. The lowest BCUT2D eigenvalue weighted by Gasteiger charge is -2.01. The van der Waals surface area contributed by atoms with E-state index in [1.807, 2.05) is 6.07 Å². The SMILES string of the molecule is Cc1c(C(=O)O)cnn1Cc1ccco1. The number of carboxylic acid groups (broad SMARTS) is 1. The molecular weight excluding hydrogens is 196 g/mol. The predicted molar refractivity (Wildman–Crippen MR) is 51.7 cm³/mol. The molecule has 0 fully saturated rings. The van der Waals surface area contributed by atoms with E-state index in [0.717, 1.165) is 5.76 Å². The first-order valence-electron chi connectivity index (χ1n) is 4.46. The molecule has 2 aromatic heterocycles. The number of nitrogens with zero attached hydrogens (tertiary/aromatic N) is 2. The Morgan fingerprint density at radius 2 is 2.47 bits per heavy atom. The van der Waals surface area contributed by atoms with E-state index in [4.69, 9.17) is 9.52 Å². The molecule has 2 rings (SSSR count). The smallest absolute Gasteiger partial charge is 0.339 e. The van der Waals surface area contributed by atoms with E-state index in [0.29, 0.717) is 12.2 Å². The van der Waals surface area contributed by atoms with Gasteiger partial charge in [-0.3, -0.25) is 4.68 Å². The molecule has 5 heteroatoms. The van der Waals surface area contributed by atoms with E-state index in [1.54, 1.807) is 23.9 Å². The maximum atomic E-state index is 10.8. The fourth-order valence-electron chi connectivity index (χ4n) is 1.37. The summed E-state index contributed by atoms with van der Waals surface area (Å²) in [5, 5.41) is 12.8. The van der Waals surface area contributed by atoms with Crippen molar-refractivity contribution in [3.05, 3.63) is 41.6 Å². The lowest BCUT2D eigenvalue weighted by Crippen LogP contribution is -2.05. The van der Waals surface area contributed by atoms with Gasteiger partial charge < -0.3 is 9.52 Å². The minimum absolute atomic E-state index is 0.224. The van der Waals surface area contributed by atoms with Crippen molar-refractivity contribution in [3.63, 3.8) is 0 Å². The topological polar surface area (TPSA) is 68.3 Å². The van der Waals surface area contributed by atoms with Gasteiger partial charge in [0.2, 0.25) is 0 Å². The highest BCUT2D eigenvalue weighted by atomic mass is 16.4. The van der Waals surface area contributed by atoms with E-state index in [9.17, 15) is 4.79 Å². The molecule has 0 amide bonds. The van der Waals surface area contributed by atoms with E-state index >= 15 is 0 Å². The Hall–Kier alpha value is -2.04. The summed E-state index contributed by atoms with van der Waals surface area (Å²) in [4.78, 5) is 10.8. The van der Waals surface area contributed by atoms with E-state index in [-0.39, 0.29) is 5.56 Å². The summed E-state index contributed by atoms with van der Waals surface area (Å²) >= 11 is 0. The van der Waals surface area contributed by atoms with Crippen LogP contribution in [0.5, 0.6) is 0 Å². The standard InChI is InChI=1S/C10H10N2O3/c1-7-9(10(13)14)5-11-12(7)6-8-3-2-4-15-8/h2-5H,6H2,1H3,(H,13,14). The molecule has 0 radical (unpaired) electrons. The van der Waals surface area contributed by atoms with Crippen LogP contribution < -0.4 is 0 Å². The minimum Gasteiger partial charge on any atom is -0.478 e. The fraction of sp³-hybridized carbons (Fsp3) is 0.200. The molecule has 15 heavy (non-hydrogen) atoms. The Kier molecular flexibility index (Phi) is 2.29. The van der Waals surface area contributed by atoms with Gasteiger partial charge in [0.15, 0.2) is 0 Å². The lowest BCUT2D eigenvalue weighted by atomic mass is 10.3. The fourth-order valence-corrected chi connectivity index (χ4v) is 1.37. The third-order valence-corrected chi connectivity index (χ3v) is 2.22. The van der Waals surface area contributed by atoms with Crippen LogP contribution in [0.1, 0.15) is 21.8 Å². The number of furan rings is 1. The van der Waals surface area contributed by atoms with Crippen LogP contribution in [-0.2, 0) is 6.54 Å². The molecule has 0 aliphatic heterocycles. The van der Waals surface area contributed by atoms with Crippen LogP contribution >= 0.6 is 0 Å². The van der Waals surface area contributed by atoms with Crippen molar-refractivity contribution in [3.8, 4) is 0 Å². The molecule has 0 spiro atoms. The van der Waals surface area contributed by atoms with E-state index in [1.165, 1.54) is 6.20 Å². The van der Waals surface area contributed by atoms with Gasteiger partial charge in [0.25, 0.3) is 0 Å². The molecule has 1 N–H and O–H groups in total. The number of aromatic nitrogens is 2. The molecule has 5 nitrogen and oxygen atoms in total. The summed E-state index contributed by atoms with van der Waals surface area (Å²) in [6, 6.07) is 3.60. The highest BCUT2D eigenvalue weighted by molar-refractivity contribution is 5.88. The first-order valence-corrected chi connectivity index (χ1v) is 4.46. The van der Waals surface area contributed by atoms with E-state index in [2.05, 4.69) is 5.10 Å². The molecular formula is C10H10N2O3. The van der Waals surface area contributed by atoms with Gasteiger partial charge in [0.1, 0.15) is 11.3 Å². The molecule has 0 saturated heterocycles. The Morgan fingerprint density at radius 1 is 1.67 bits per heavy atom. The van der Waals surface area contributed by atoms with Crippen molar-refractivity contribution in [2.75, 3.05) is 0 Å². The average Bonchev–Trinajstić information content (AvgIpc) is 2.78. The molecule has 2 aromatic rings. The van der Waals surface area contributed by atoms with E-state index < -0.39 is 5.97 Å². The molecule has 0 aliphatic carbocycles. The van der Waals surface area contributed by atoms with Gasteiger partial charge in [-0.15, -0.1) is 0 Å². The summed E-state index contributed by atoms with van der Waals surface area (Å²) in [7, 11) is 0. The first-order chi connectivity index (χ1) is 7.18. The van der Waals surface area contributed by atoms with Gasteiger partial charge in [-0.1, -0.05) is 0 Å². The maximum absolute atomic E-state index is 10.8. The summed E-state index contributed by atoms with van der Waals surface area (Å²) in [6.07, 6.45) is 2.92. The highest BCUT2D eigenvalue weighted by Gasteiger charge is 2.13. The molecule has 0 unspecified atom stereocenters. The molecule has 0 saturated carbocycles. The van der Waals surface area contributed by atoms with Crippen molar-refractivity contribution in [2.45, 2.75) is 13.5 Å². The van der Waals surface area contributed by atoms with Gasteiger partial charge in [0, 0.05) is 0 Å². The zero-order chi connectivity index (χ0) is 10.8. The van der Waals surface area contributed by atoms with Crippen LogP contribution in [-0.4, -0.2) is 20.9 Å². The van der Waals surface area contributed by atoms with Crippen molar-refractivity contribution in [1.29, 1.82) is 0 Å². The van der Waals surface area contributed by atoms with Gasteiger partial charge in [0.05, 0.1) is 24.7 Å². The predicted octanol–water partition coefficient (Wildman–Crippen LogP) is 1.53. The summed E-state index contributed by atoms with van der Waals surface area (Å²) in [6.45, 7) is 2.17. The average molecular weight is 206 g/mol. The summed E-state index contributed by atoms with van der Waals surface area (Å²) in [5.41, 5.74) is 0.848. The molecule has 0 bridgehead atoms. The number of hydrogen-bond acceptors (Lipinski definition) is 3.